The van der Waals surface area contributed by atoms with E-state index in [1.165, 1.54) is 0 Å². The zero-order chi connectivity index (χ0) is 13.7. The first kappa shape index (κ1) is 13.3. The minimum Gasteiger partial charge on any atom is -0.492 e. The number of benzene rings is 2. The SMILES string of the molecule is CCOc1cc(OC(C)c2ccccc2)ccc1N. The first-order valence-electron chi connectivity index (χ1n) is 6.44. The van der Waals surface area contributed by atoms with E-state index in [-0.39, 0.29) is 6.10 Å². The molecule has 0 aliphatic rings. The highest BCUT2D eigenvalue weighted by Gasteiger charge is 2.08. The van der Waals surface area contributed by atoms with E-state index in [4.69, 9.17) is 15.2 Å². The minimum absolute atomic E-state index is 0.0145. The van der Waals surface area contributed by atoms with Crippen LogP contribution in [0.25, 0.3) is 0 Å². The molecule has 0 amide bonds. The van der Waals surface area contributed by atoms with Crippen LogP contribution in [0.2, 0.25) is 0 Å². The monoisotopic (exact) mass is 257 g/mol. The van der Waals surface area contributed by atoms with Gasteiger partial charge in [-0.15, -0.1) is 0 Å². The summed E-state index contributed by atoms with van der Waals surface area (Å²) in [6, 6.07) is 15.6. The Morgan fingerprint density at radius 2 is 1.84 bits per heavy atom. The third-order valence-electron chi connectivity index (χ3n) is 2.87. The third-order valence-corrected chi connectivity index (χ3v) is 2.87. The fraction of sp³-hybridized carbons (Fsp3) is 0.250. The van der Waals surface area contributed by atoms with Crippen molar-refractivity contribution < 1.29 is 9.47 Å². The van der Waals surface area contributed by atoms with Crippen molar-refractivity contribution in [3.8, 4) is 11.5 Å². The number of nitrogens with two attached hydrogens (primary N) is 1. The molecule has 1 unspecified atom stereocenters. The van der Waals surface area contributed by atoms with Gasteiger partial charge in [-0.1, -0.05) is 30.3 Å². The number of hydrogen-bond acceptors (Lipinski definition) is 3. The van der Waals surface area contributed by atoms with Gasteiger partial charge in [0.1, 0.15) is 17.6 Å². The van der Waals surface area contributed by atoms with Crippen LogP contribution in [-0.2, 0) is 0 Å². The third kappa shape index (κ3) is 3.41. The predicted molar refractivity (Wildman–Crippen MR) is 77.5 cm³/mol. The van der Waals surface area contributed by atoms with E-state index < -0.39 is 0 Å². The molecule has 2 rings (SSSR count). The lowest BCUT2D eigenvalue weighted by Gasteiger charge is -2.16. The van der Waals surface area contributed by atoms with Gasteiger partial charge in [-0.3, -0.25) is 0 Å². The molecular weight excluding hydrogens is 238 g/mol. The van der Waals surface area contributed by atoms with Gasteiger partial charge in [0.15, 0.2) is 0 Å². The number of hydrogen-bond donors (Lipinski definition) is 1. The normalized spacial score (nSPS) is 11.9. The van der Waals surface area contributed by atoms with Crippen LogP contribution in [0.1, 0.15) is 25.5 Å². The van der Waals surface area contributed by atoms with Crippen molar-refractivity contribution in [2.24, 2.45) is 0 Å². The number of nitrogen functional groups attached to an aromatic ring is 1. The van der Waals surface area contributed by atoms with Gasteiger partial charge in [0.05, 0.1) is 12.3 Å². The van der Waals surface area contributed by atoms with Crippen LogP contribution in [0, 0.1) is 0 Å². The Hall–Kier alpha value is -2.16. The number of ether oxygens (including phenoxy) is 2. The lowest BCUT2D eigenvalue weighted by atomic mass is 10.1. The zero-order valence-electron chi connectivity index (χ0n) is 11.3. The molecule has 2 aromatic rings. The van der Waals surface area contributed by atoms with E-state index in [0.717, 1.165) is 11.3 Å². The fourth-order valence-electron chi connectivity index (χ4n) is 1.86. The second-order valence-corrected chi connectivity index (χ2v) is 4.30. The average Bonchev–Trinajstić information content (AvgIpc) is 2.44. The van der Waals surface area contributed by atoms with Crippen LogP contribution >= 0.6 is 0 Å². The van der Waals surface area contributed by atoms with Gasteiger partial charge in [-0.2, -0.15) is 0 Å². The Labute approximate surface area is 114 Å². The summed E-state index contributed by atoms with van der Waals surface area (Å²) in [7, 11) is 0. The summed E-state index contributed by atoms with van der Waals surface area (Å²) in [4.78, 5) is 0. The van der Waals surface area contributed by atoms with E-state index in [1.54, 1.807) is 6.07 Å². The largest absolute Gasteiger partial charge is 0.492 e. The van der Waals surface area contributed by atoms with Gasteiger partial charge < -0.3 is 15.2 Å². The summed E-state index contributed by atoms with van der Waals surface area (Å²) in [5.74, 6) is 1.43. The summed E-state index contributed by atoms with van der Waals surface area (Å²) in [5.41, 5.74) is 7.60. The zero-order valence-corrected chi connectivity index (χ0v) is 11.3. The van der Waals surface area contributed by atoms with Crippen molar-refractivity contribution in [2.75, 3.05) is 12.3 Å². The van der Waals surface area contributed by atoms with Gasteiger partial charge in [0.25, 0.3) is 0 Å². The quantitative estimate of drug-likeness (QED) is 0.828. The lowest BCUT2D eigenvalue weighted by Crippen LogP contribution is -2.04. The fourth-order valence-corrected chi connectivity index (χ4v) is 1.86. The smallest absolute Gasteiger partial charge is 0.145 e. The van der Waals surface area contributed by atoms with Crippen molar-refractivity contribution in [1.82, 2.24) is 0 Å². The highest BCUT2D eigenvalue weighted by atomic mass is 16.5. The molecule has 2 N–H and O–H groups in total. The molecule has 0 aliphatic heterocycles. The molecule has 0 saturated carbocycles. The Kier molecular flexibility index (Phi) is 4.29. The summed E-state index contributed by atoms with van der Waals surface area (Å²) >= 11 is 0. The van der Waals surface area contributed by atoms with Gasteiger partial charge in [-0.05, 0) is 31.5 Å². The molecule has 1 atom stereocenters. The maximum absolute atomic E-state index is 5.91. The van der Waals surface area contributed by atoms with Crippen LogP contribution in [0.15, 0.2) is 48.5 Å². The molecule has 0 aliphatic carbocycles. The highest BCUT2D eigenvalue weighted by molar-refractivity contribution is 5.55. The molecule has 0 fully saturated rings. The second-order valence-electron chi connectivity index (χ2n) is 4.30. The molecule has 0 heterocycles. The molecule has 0 bridgehead atoms. The molecule has 0 saturated heterocycles. The van der Waals surface area contributed by atoms with Crippen LogP contribution in [-0.4, -0.2) is 6.61 Å². The topological polar surface area (TPSA) is 44.5 Å². The van der Waals surface area contributed by atoms with Crippen LogP contribution in [0.4, 0.5) is 5.69 Å². The van der Waals surface area contributed by atoms with Gasteiger partial charge >= 0.3 is 0 Å². The Bertz CT molecular complexity index is 526. The first-order chi connectivity index (χ1) is 9.20. The molecule has 2 aromatic carbocycles. The van der Waals surface area contributed by atoms with Crippen molar-refractivity contribution in [3.63, 3.8) is 0 Å². The van der Waals surface area contributed by atoms with Crippen molar-refractivity contribution in [1.29, 1.82) is 0 Å². The average molecular weight is 257 g/mol. The summed E-state index contributed by atoms with van der Waals surface area (Å²) in [6.45, 7) is 4.54. The standard InChI is InChI=1S/C16H19NO2/c1-3-18-16-11-14(9-10-15(16)17)19-12(2)13-7-5-4-6-8-13/h4-12H,3,17H2,1-2H3. The summed E-state index contributed by atoms with van der Waals surface area (Å²) < 4.78 is 11.4. The number of rotatable bonds is 5. The van der Waals surface area contributed by atoms with Crippen LogP contribution in [0.3, 0.4) is 0 Å². The van der Waals surface area contributed by atoms with E-state index in [1.807, 2.05) is 56.3 Å². The highest BCUT2D eigenvalue weighted by Crippen LogP contribution is 2.29. The maximum atomic E-state index is 5.91. The van der Waals surface area contributed by atoms with Gasteiger partial charge in [-0.25, -0.2) is 0 Å². The molecule has 0 spiro atoms. The van der Waals surface area contributed by atoms with E-state index in [9.17, 15) is 0 Å². The van der Waals surface area contributed by atoms with Gasteiger partial charge in [0.2, 0.25) is 0 Å². The van der Waals surface area contributed by atoms with E-state index in [2.05, 4.69) is 0 Å². The van der Waals surface area contributed by atoms with Crippen molar-refractivity contribution in [2.45, 2.75) is 20.0 Å². The van der Waals surface area contributed by atoms with Crippen LogP contribution in [0.5, 0.6) is 11.5 Å². The van der Waals surface area contributed by atoms with E-state index >= 15 is 0 Å². The molecular formula is C16H19NO2. The van der Waals surface area contributed by atoms with Crippen molar-refractivity contribution in [3.05, 3.63) is 54.1 Å². The Morgan fingerprint density at radius 1 is 1.11 bits per heavy atom. The maximum Gasteiger partial charge on any atom is 0.145 e. The molecule has 3 nitrogen and oxygen atoms in total. The molecule has 19 heavy (non-hydrogen) atoms. The Balaban J connectivity index is 2.13. The summed E-state index contributed by atoms with van der Waals surface area (Å²) in [6.07, 6.45) is -0.0145. The lowest BCUT2D eigenvalue weighted by molar-refractivity contribution is 0.225. The summed E-state index contributed by atoms with van der Waals surface area (Å²) in [5, 5.41) is 0. The Morgan fingerprint density at radius 3 is 2.53 bits per heavy atom. The number of anilines is 1. The second kappa shape index (κ2) is 6.14. The molecule has 3 heteroatoms. The molecule has 100 valence electrons. The first-order valence-corrected chi connectivity index (χ1v) is 6.44. The molecule has 0 aromatic heterocycles. The molecule has 0 radical (unpaired) electrons. The van der Waals surface area contributed by atoms with Gasteiger partial charge in [0, 0.05) is 6.07 Å². The van der Waals surface area contributed by atoms with Crippen LogP contribution < -0.4 is 15.2 Å². The van der Waals surface area contributed by atoms with Crippen molar-refractivity contribution >= 4 is 5.69 Å². The predicted octanol–water partition coefficient (Wildman–Crippen LogP) is 3.81. The minimum atomic E-state index is -0.0145. The van der Waals surface area contributed by atoms with E-state index in [0.29, 0.717) is 18.0 Å².